The van der Waals surface area contributed by atoms with Crippen LogP contribution in [0.4, 0.5) is 4.39 Å². The molecular weight excluding hydrogens is 413 g/mol. The van der Waals surface area contributed by atoms with Crippen molar-refractivity contribution in [2.45, 2.75) is 32.7 Å². The molecule has 4 rings (SSSR count). The van der Waals surface area contributed by atoms with Gasteiger partial charge in [-0.1, -0.05) is 60.7 Å². The van der Waals surface area contributed by atoms with Gasteiger partial charge in [0, 0.05) is 28.1 Å². The Hall–Kier alpha value is -3.66. The third-order valence-electron chi connectivity index (χ3n) is 5.88. The van der Waals surface area contributed by atoms with Gasteiger partial charge in [-0.3, -0.25) is 0 Å². The minimum absolute atomic E-state index is 0.156. The van der Waals surface area contributed by atoms with E-state index in [-0.39, 0.29) is 17.8 Å². The van der Waals surface area contributed by atoms with E-state index in [0.717, 1.165) is 39.7 Å². The fraction of sp³-hybridized carbons (Fsp3) is 0.207. The van der Waals surface area contributed by atoms with Crippen LogP contribution in [0.3, 0.4) is 0 Å². The summed E-state index contributed by atoms with van der Waals surface area (Å²) in [4.78, 5) is 12.8. The Morgan fingerprint density at radius 1 is 0.970 bits per heavy atom. The van der Waals surface area contributed by atoms with E-state index in [2.05, 4.69) is 42.7 Å². The van der Waals surface area contributed by atoms with Crippen molar-refractivity contribution in [1.82, 2.24) is 4.57 Å². The summed E-state index contributed by atoms with van der Waals surface area (Å²) in [6, 6.07) is 25.0. The number of ether oxygens (including phenoxy) is 1. The second-order valence-electron chi connectivity index (χ2n) is 8.39. The predicted octanol–water partition coefficient (Wildman–Crippen LogP) is 7.22. The van der Waals surface area contributed by atoms with E-state index in [9.17, 15) is 9.18 Å². The van der Waals surface area contributed by atoms with Crippen LogP contribution < -0.4 is 0 Å². The number of methoxy groups -OCH3 is 1. The van der Waals surface area contributed by atoms with Crippen LogP contribution in [-0.2, 0) is 16.0 Å². The molecule has 0 amide bonds. The molecule has 0 fully saturated rings. The highest BCUT2D eigenvalue weighted by molar-refractivity contribution is 6.03. The average molecular weight is 442 g/mol. The van der Waals surface area contributed by atoms with Crippen molar-refractivity contribution < 1.29 is 13.9 Å². The molecular formula is C29H28FNO2. The van der Waals surface area contributed by atoms with E-state index in [0.29, 0.717) is 12.0 Å². The number of rotatable bonds is 7. The number of esters is 1. The molecule has 0 radical (unpaired) electrons. The van der Waals surface area contributed by atoms with Crippen molar-refractivity contribution >= 4 is 22.9 Å². The van der Waals surface area contributed by atoms with Gasteiger partial charge in [-0.25, -0.2) is 9.18 Å². The number of carbonyl (C=O) groups is 1. The zero-order chi connectivity index (χ0) is 23.4. The number of halogens is 1. The van der Waals surface area contributed by atoms with Gasteiger partial charge in [-0.2, -0.15) is 0 Å². The minimum Gasteiger partial charge on any atom is -0.466 e. The van der Waals surface area contributed by atoms with Crippen molar-refractivity contribution in [3.05, 3.63) is 102 Å². The van der Waals surface area contributed by atoms with Crippen molar-refractivity contribution in [3.63, 3.8) is 0 Å². The predicted molar refractivity (Wildman–Crippen MR) is 132 cm³/mol. The second kappa shape index (κ2) is 9.86. The van der Waals surface area contributed by atoms with Crippen molar-refractivity contribution in [2.75, 3.05) is 7.11 Å². The molecule has 0 N–H and O–H groups in total. The molecule has 0 unspecified atom stereocenters. The highest BCUT2D eigenvalue weighted by atomic mass is 19.1. The Labute approximate surface area is 194 Å². The van der Waals surface area contributed by atoms with Crippen LogP contribution >= 0.6 is 0 Å². The Morgan fingerprint density at radius 2 is 1.64 bits per heavy atom. The molecule has 1 aromatic heterocycles. The molecule has 4 heteroatoms. The van der Waals surface area contributed by atoms with E-state index in [1.54, 1.807) is 12.1 Å². The van der Waals surface area contributed by atoms with Crippen LogP contribution in [0.2, 0.25) is 0 Å². The van der Waals surface area contributed by atoms with Gasteiger partial charge in [0.25, 0.3) is 0 Å². The fourth-order valence-electron chi connectivity index (χ4n) is 4.35. The lowest BCUT2D eigenvalue weighted by molar-refractivity contribution is -0.136. The van der Waals surface area contributed by atoms with Gasteiger partial charge in [-0.05, 0) is 62.1 Å². The van der Waals surface area contributed by atoms with Crippen LogP contribution in [0.15, 0.2) is 84.4 Å². The van der Waals surface area contributed by atoms with Crippen LogP contribution in [0, 0.1) is 5.82 Å². The van der Waals surface area contributed by atoms with Crippen LogP contribution in [0.5, 0.6) is 0 Å². The molecule has 0 bridgehead atoms. The van der Waals surface area contributed by atoms with Crippen molar-refractivity contribution in [3.8, 4) is 11.1 Å². The number of hydrogen-bond acceptors (Lipinski definition) is 2. The largest absolute Gasteiger partial charge is 0.466 e. The highest BCUT2D eigenvalue weighted by Crippen LogP contribution is 2.38. The second-order valence-corrected chi connectivity index (χ2v) is 8.39. The number of para-hydroxylation sites is 1. The maximum atomic E-state index is 13.7. The molecule has 0 spiro atoms. The smallest absolute Gasteiger partial charge is 0.333 e. The number of fused-ring (bicyclic) bond motifs is 1. The summed E-state index contributed by atoms with van der Waals surface area (Å²) in [6.07, 6.45) is 3.24. The quantitative estimate of drug-likeness (QED) is 0.224. The molecule has 168 valence electrons. The molecule has 4 aromatic rings. The van der Waals surface area contributed by atoms with Gasteiger partial charge < -0.3 is 9.30 Å². The summed E-state index contributed by atoms with van der Waals surface area (Å²) in [6.45, 7) is 4.25. The minimum atomic E-state index is -0.337. The molecule has 0 aliphatic carbocycles. The van der Waals surface area contributed by atoms with Crippen LogP contribution in [-0.4, -0.2) is 17.6 Å². The van der Waals surface area contributed by atoms with E-state index in [4.69, 9.17) is 4.74 Å². The lowest BCUT2D eigenvalue weighted by Gasteiger charge is -2.15. The average Bonchev–Trinajstić information content (AvgIpc) is 3.16. The standard InChI is InChI=1S/C29H28FNO2/c1-20(2)31-26-12-8-7-11-25(26)28(22-15-17-24(30)18-16-22)27(31)19-23(29(32)33-3)14-13-21-9-5-4-6-10-21/h4-12,15-20H,13-14H2,1-3H3. The monoisotopic (exact) mass is 441 g/mol. The molecule has 1 heterocycles. The molecule has 3 aromatic carbocycles. The normalized spacial score (nSPS) is 11.8. The first-order valence-electron chi connectivity index (χ1n) is 11.2. The summed E-state index contributed by atoms with van der Waals surface area (Å²) >= 11 is 0. The number of hydrogen-bond donors (Lipinski definition) is 0. The number of benzene rings is 3. The Balaban J connectivity index is 1.92. The van der Waals surface area contributed by atoms with Crippen molar-refractivity contribution in [2.24, 2.45) is 0 Å². The summed E-state index contributed by atoms with van der Waals surface area (Å²) in [7, 11) is 1.41. The van der Waals surface area contributed by atoms with Gasteiger partial charge in [0.2, 0.25) is 0 Å². The Kier molecular flexibility index (Phi) is 6.74. The molecule has 33 heavy (non-hydrogen) atoms. The maximum Gasteiger partial charge on any atom is 0.333 e. The topological polar surface area (TPSA) is 31.2 Å². The summed E-state index contributed by atoms with van der Waals surface area (Å²) < 4.78 is 21.1. The zero-order valence-electron chi connectivity index (χ0n) is 19.2. The first-order chi connectivity index (χ1) is 16.0. The Morgan fingerprint density at radius 3 is 2.30 bits per heavy atom. The summed E-state index contributed by atoms with van der Waals surface area (Å²) in [5, 5.41) is 1.07. The highest BCUT2D eigenvalue weighted by Gasteiger charge is 2.21. The first-order valence-corrected chi connectivity index (χ1v) is 11.2. The fourth-order valence-corrected chi connectivity index (χ4v) is 4.35. The number of aromatic nitrogens is 1. The molecule has 0 aliphatic rings. The van der Waals surface area contributed by atoms with E-state index in [1.807, 2.05) is 36.4 Å². The van der Waals surface area contributed by atoms with Crippen molar-refractivity contribution in [1.29, 1.82) is 0 Å². The number of aryl methyl sites for hydroxylation is 1. The van der Waals surface area contributed by atoms with E-state index in [1.165, 1.54) is 19.2 Å². The van der Waals surface area contributed by atoms with E-state index < -0.39 is 0 Å². The molecule has 0 aliphatic heterocycles. The number of carbonyl (C=O) groups excluding carboxylic acids is 1. The van der Waals surface area contributed by atoms with Gasteiger partial charge in [-0.15, -0.1) is 0 Å². The van der Waals surface area contributed by atoms with Crippen LogP contribution in [0.1, 0.15) is 37.6 Å². The zero-order valence-corrected chi connectivity index (χ0v) is 19.2. The summed E-state index contributed by atoms with van der Waals surface area (Å²) in [5.74, 6) is -0.613. The van der Waals surface area contributed by atoms with Gasteiger partial charge in [0.05, 0.1) is 12.8 Å². The SMILES string of the molecule is COC(=O)C(=Cc1c(-c2ccc(F)cc2)c2ccccc2n1C(C)C)CCc1ccccc1. The maximum absolute atomic E-state index is 13.7. The molecule has 0 atom stereocenters. The lowest BCUT2D eigenvalue weighted by atomic mass is 9.98. The number of nitrogens with zero attached hydrogens (tertiary/aromatic N) is 1. The Bertz CT molecular complexity index is 1280. The third-order valence-corrected chi connectivity index (χ3v) is 5.88. The van der Waals surface area contributed by atoms with Gasteiger partial charge >= 0.3 is 5.97 Å². The van der Waals surface area contributed by atoms with Gasteiger partial charge in [0.15, 0.2) is 0 Å². The molecule has 0 saturated carbocycles. The van der Waals surface area contributed by atoms with Crippen LogP contribution in [0.25, 0.3) is 28.1 Å². The van der Waals surface area contributed by atoms with E-state index >= 15 is 0 Å². The third kappa shape index (κ3) is 4.75. The lowest BCUT2D eigenvalue weighted by Crippen LogP contribution is -2.08. The summed E-state index contributed by atoms with van der Waals surface area (Å²) in [5.41, 5.74) is 5.66. The molecule has 3 nitrogen and oxygen atoms in total. The van der Waals surface area contributed by atoms with Gasteiger partial charge in [0.1, 0.15) is 5.82 Å². The molecule has 0 saturated heterocycles. The first kappa shape index (κ1) is 22.5.